The highest BCUT2D eigenvalue weighted by atomic mass is 16.4. The summed E-state index contributed by atoms with van der Waals surface area (Å²) in [6, 6.07) is 3.40. The number of carbonyl (C=O) groups is 1. The molecule has 2 rings (SSSR count). The molecule has 2 aromatic heterocycles. The summed E-state index contributed by atoms with van der Waals surface area (Å²) in [5.74, 6) is -1.07. The standard InChI is InChI=1S/C9H8N2O4/c1-10-9-11-6(5-3-2-4-14-5)7(15-9)8(12)13/h2-4H,1H3,(H,10,11)(H,12,13). The summed E-state index contributed by atoms with van der Waals surface area (Å²) in [4.78, 5) is 14.8. The van der Waals surface area contributed by atoms with Gasteiger partial charge in [-0.25, -0.2) is 4.79 Å². The maximum absolute atomic E-state index is 10.8. The zero-order valence-electron chi connectivity index (χ0n) is 7.85. The van der Waals surface area contributed by atoms with E-state index >= 15 is 0 Å². The molecule has 6 nitrogen and oxygen atoms in total. The number of nitrogens with one attached hydrogen (secondary N) is 1. The smallest absolute Gasteiger partial charge is 0.374 e. The fourth-order valence-electron chi connectivity index (χ4n) is 1.15. The summed E-state index contributed by atoms with van der Waals surface area (Å²) in [6.45, 7) is 0. The molecule has 0 aliphatic heterocycles. The van der Waals surface area contributed by atoms with Crippen LogP contribution in [0, 0.1) is 0 Å². The Morgan fingerprint density at radius 1 is 1.60 bits per heavy atom. The van der Waals surface area contributed by atoms with Crippen molar-refractivity contribution in [3.63, 3.8) is 0 Å². The quantitative estimate of drug-likeness (QED) is 0.797. The minimum Gasteiger partial charge on any atom is -0.475 e. The van der Waals surface area contributed by atoms with Crippen molar-refractivity contribution in [2.24, 2.45) is 0 Å². The maximum Gasteiger partial charge on any atom is 0.374 e. The van der Waals surface area contributed by atoms with Gasteiger partial charge in [0.1, 0.15) is 0 Å². The Hall–Kier alpha value is -2.24. The van der Waals surface area contributed by atoms with E-state index in [0.717, 1.165) is 0 Å². The van der Waals surface area contributed by atoms with E-state index < -0.39 is 5.97 Å². The van der Waals surface area contributed by atoms with Gasteiger partial charge in [-0.3, -0.25) is 0 Å². The molecule has 2 N–H and O–H groups in total. The second-order valence-electron chi connectivity index (χ2n) is 2.73. The molecular formula is C9H8N2O4. The zero-order chi connectivity index (χ0) is 10.8. The second-order valence-corrected chi connectivity index (χ2v) is 2.73. The number of carboxylic acids is 1. The number of aromatic carboxylic acids is 1. The van der Waals surface area contributed by atoms with E-state index in [9.17, 15) is 4.79 Å². The molecular weight excluding hydrogens is 200 g/mol. The van der Waals surface area contributed by atoms with Crippen molar-refractivity contribution in [2.75, 3.05) is 12.4 Å². The van der Waals surface area contributed by atoms with E-state index in [1.807, 2.05) is 0 Å². The predicted octanol–water partition coefficient (Wildman–Crippen LogP) is 1.67. The fourth-order valence-corrected chi connectivity index (χ4v) is 1.15. The van der Waals surface area contributed by atoms with E-state index in [4.69, 9.17) is 13.9 Å². The van der Waals surface area contributed by atoms with Gasteiger partial charge in [-0.05, 0) is 12.1 Å². The summed E-state index contributed by atoms with van der Waals surface area (Å²) in [5, 5.41) is 11.5. The predicted molar refractivity (Wildman–Crippen MR) is 50.7 cm³/mol. The van der Waals surface area contributed by atoms with Crippen LogP contribution >= 0.6 is 0 Å². The van der Waals surface area contributed by atoms with Gasteiger partial charge in [0.05, 0.1) is 6.26 Å². The highest BCUT2D eigenvalue weighted by Crippen LogP contribution is 2.26. The maximum atomic E-state index is 10.8. The van der Waals surface area contributed by atoms with Crippen LogP contribution in [0.3, 0.4) is 0 Å². The van der Waals surface area contributed by atoms with Gasteiger partial charge >= 0.3 is 5.97 Å². The van der Waals surface area contributed by atoms with Crippen molar-refractivity contribution >= 4 is 12.0 Å². The molecule has 0 unspecified atom stereocenters. The number of nitrogens with zero attached hydrogens (tertiary/aromatic N) is 1. The summed E-state index contributed by atoms with van der Waals surface area (Å²) in [5.41, 5.74) is 0.178. The lowest BCUT2D eigenvalue weighted by Gasteiger charge is -1.90. The Labute approximate surface area is 84.5 Å². The molecule has 6 heteroatoms. The van der Waals surface area contributed by atoms with Crippen molar-refractivity contribution in [3.05, 3.63) is 24.2 Å². The van der Waals surface area contributed by atoms with Gasteiger partial charge in [-0.1, -0.05) is 0 Å². The van der Waals surface area contributed by atoms with Gasteiger partial charge in [0.2, 0.25) is 5.76 Å². The van der Waals surface area contributed by atoms with Crippen LogP contribution < -0.4 is 5.32 Å². The Morgan fingerprint density at radius 3 is 2.93 bits per heavy atom. The lowest BCUT2D eigenvalue weighted by molar-refractivity contribution is 0.0664. The van der Waals surface area contributed by atoms with E-state index in [1.165, 1.54) is 6.26 Å². The third kappa shape index (κ3) is 1.56. The molecule has 15 heavy (non-hydrogen) atoms. The molecule has 2 heterocycles. The average Bonchev–Trinajstić information content (AvgIpc) is 2.86. The van der Waals surface area contributed by atoms with Crippen LogP contribution in [0.4, 0.5) is 6.01 Å². The van der Waals surface area contributed by atoms with Gasteiger partial charge in [-0.15, -0.1) is 0 Å². The van der Waals surface area contributed by atoms with Crippen molar-refractivity contribution < 1.29 is 18.7 Å². The number of anilines is 1. The topological polar surface area (TPSA) is 88.5 Å². The second kappa shape index (κ2) is 3.49. The number of hydrogen-bond donors (Lipinski definition) is 2. The van der Waals surface area contributed by atoms with E-state index in [0.29, 0.717) is 5.76 Å². The lowest BCUT2D eigenvalue weighted by Crippen LogP contribution is -1.95. The Morgan fingerprint density at radius 2 is 2.40 bits per heavy atom. The fraction of sp³-hybridized carbons (Fsp3) is 0.111. The third-order valence-electron chi connectivity index (χ3n) is 1.79. The summed E-state index contributed by atoms with van der Waals surface area (Å²) >= 11 is 0. The summed E-state index contributed by atoms with van der Waals surface area (Å²) < 4.78 is 10.0. The number of oxazole rings is 1. The van der Waals surface area contributed by atoms with Crippen molar-refractivity contribution in [1.82, 2.24) is 4.98 Å². The van der Waals surface area contributed by atoms with Gasteiger partial charge in [0.15, 0.2) is 11.5 Å². The molecule has 0 bridgehead atoms. The highest BCUT2D eigenvalue weighted by Gasteiger charge is 2.22. The number of carboxylic acid groups (broad SMARTS) is 1. The van der Waals surface area contributed by atoms with Crippen LogP contribution in [0.25, 0.3) is 11.5 Å². The van der Waals surface area contributed by atoms with Crippen molar-refractivity contribution in [2.45, 2.75) is 0 Å². The van der Waals surface area contributed by atoms with Gasteiger partial charge in [0.25, 0.3) is 6.01 Å². The molecule has 2 aromatic rings. The number of aromatic nitrogens is 1. The minimum absolute atomic E-state index is 0.138. The van der Waals surface area contributed by atoms with Crippen LogP contribution in [0.5, 0.6) is 0 Å². The minimum atomic E-state index is -1.18. The van der Waals surface area contributed by atoms with Gasteiger partial charge in [-0.2, -0.15) is 4.98 Å². The van der Waals surface area contributed by atoms with E-state index in [1.54, 1.807) is 19.2 Å². The first-order chi connectivity index (χ1) is 7.22. The molecule has 0 spiro atoms. The molecule has 0 aliphatic rings. The van der Waals surface area contributed by atoms with E-state index in [2.05, 4.69) is 10.3 Å². The lowest BCUT2D eigenvalue weighted by atomic mass is 10.3. The van der Waals surface area contributed by atoms with Crippen LogP contribution in [0.2, 0.25) is 0 Å². The zero-order valence-corrected chi connectivity index (χ0v) is 7.85. The molecule has 0 fully saturated rings. The summed E-state index contributed by atoms with van der Waals surface area (Å²) in [6.07, 6.45) is 1.44. The first-order valence-corrected chi connectivity index (χ1v) is 4.18. The molecule has 0 atom stereocenters. The molecule has 0 saturated heterocycles. The van der Waals surface area contributed by atoms with E-state index in [-0.39, 0.29) is 17.5 Å². The number of furan rings is 1. The van der Waals surface area contributed by atoms with Gasteiger partial charge < -0.3 is 19.3 Å². The first kappa shape index (κ1) is 9.32. The van der Waals surface area contributed by atoms with Crippen LogP contribution in [0.15, 0.2) is 27.2 Å². The highest BCUT2D eigenvalue weighted by molar-refractivity contribution is 5.91. The molecule has 0 amide bonds. The normalized spacial score (nSPS) is 10.2. The molecule has 0 aliphatic carbocycles. The molecule has 0 saturated carbocycles. The molecule has 78 valence electrons. The van der Waals surface area contributed by atoms with Crippen molar-refractivity contribution in [1.29, 1.82) is 0 Å². The average molecular weight is 208 g/mol. The van der Waals surface area contributed by atoms with Crippen molar-refractivity contribution in [3.8, 4) is 11.5 Å². The molecule has 0 radical (unpaired) electrons. The van der Waals surface area contributed by atoms with Crippen LogP contribution in [0.1, 0.15) is 10.6 Å². The Balaban J connectivity index is 2.54. The number of rotatable bonds is 3. The Kier molecular flexibility index (Phi) is 2.17. The van der Waals surface area contributed by atoms with Crippen LogP contribution in [-0.2, 0) is 0 Å². The third-order valence-corrected chi connectivity index (χ3v) is 1.79. The van der Waals surface area contributed by atoms with Crippen LogP contribution in [-0.4, -0.2) is 23.1 Å². The SMILES string of the molecule is CNc1nc(-c2ccco2)c(C(=O)O)o1. The largest absolute Gasteiger partial charge is 0.475 e. The summed E-state index contributed by atoms with van der Waals surface area (Å²) in [7, 11) is 1.59. The first-order valence-electron chi connectivity index (χ1n) is 4.18. The Bertz CT molecular complexity index is 472. The van der Waals surface area contributed by atoms with Gasteiger partial charge in [0, 0.05) is 7.05 Å². The number of hydrogen-bond acceptors (Lipinski definition) is 5. The molecule has 0 aromatic carbocycles. The monoisotopic (exact) mass is 208 g/mol.